The molecule has 5 nitrogen and oxygen atoms in total. The molecule has 0 bridgehead atoms. The van der Waals surface area contributed by atoms with E-state index in [9.17, 15) is 9.59 Å². The number of carbonyl (C=O) groups excluding carboxylic acids is 2. The van der Waals surface area contributed by atoms with Gasteiger partial charge < -0.3 is 14.8 Å². The minimum absolute atomic E-state index is 0.0726. The molecule has 1 aromatic carbocycles. The van der Waals surface area contributed by atoms with E-state index in [-0.39, 0.29) is 35.3 Å². The van der Waals surface area contributed by atoms with Gasteiger partial charge >= 0.3 is 5.97 Å². The van der Waals surface area contributed by atoms with Gasteiger partial charge in [-0.2, -0.15) is 0 Å². The summed E-state index contributed by atoms with van der Waals surface area (Å²) in [6, 6.07) is 7.60. The summed E-state index contributed by atoms with van der Waals surface area (Å²) in [5.41, 5.74) is 1.03. The fraction of sp³-hybridized carbons (Fsp3) is 0.529. The summed E-state index contributed by atoms with van der Waals surface area (Å²) in [6.07, 6.45) is 0. The minimum Gasteiger partial charge on any atom is -0.497 e. The molecule has 6 heteroatoms. The van der Waals surface area contributed by atoms with Crippen LogP contribution in [0.25, 0.3) is 0 Å². The van der Waals surface area contributed by atoms with Gasteiger partial charge in [-0.25, -0.2) is 0 Å². The predicted molar refractivity (Wildman–Crippen MR) is 92.7 cm³/mol. The van der Waals surface area contributed by atoms with Crippen LogP contribution < -0.4 is 10.1 Å². The lowest BCUT2D eigenvalue weighted by atomic mass is 9.96. The van der Waals surface area contributed by atoms with Gasteiger partial charge in [0.05, 0.1) is 31.3 Å². The van der Waals surface area contributed by atoms with E-state index in [0.29, 0.717) is 6.61 Å². The van der Waals surface area contributed by atoms with Crippen molar-refractivity contribution in [3.8, 4) is 5.75 Å². The highest BCUT2D eigenvalue weighted by atomic mass is 32.2. The van der Waals surface area contributed by atoms with Crippen LogP contribution in [0.5, 0.6) is 5.75 Å². The molecule has 0 aliphatic rings. The normalized spacial score (nSPS) is 11.9. The van der Waals surface area contributed by atoms with E-state index in [4.69, 9.17) is 9.47 Å². The Balaban J connectivity index is 2.54. The highest BCUT2D eigenvalue weighted by Gasteiger charge is 2.18. The number of hydrogen-bond acceptors (Lipinski definition) is 5. The van der Waals surface area contributed by atoms with Crippen molar-refractivity contribution in [2.75, 3.05) is 25.2 Å². The number of carbonyl (C=O) groups is 2. The summed E-state index contributed by atoms with van der Waals surface area (Å²) in [5.74, 6) is 1.08. The molecule has 1 aromatic rings. The Hall–Kier alpha value is -1.69. The predicted octanol–water partition coefficient (Wildman–Crippen LogP) is 2.80. The van der Waals surface area contributed by atoms with E-state index >= 15 is 0 Å². The zero-order chi connectivity index (χ0) is 17.2. The Labute approximate surface area is 142 Å². The number of benzene rings is 1. The van der Waals surface area contributed by atoms with E-state index < -0.39 is 0 Å². The molecule has 1 atom stereocenters. The number of hydrogen-bond donors (Lipinski definition) is 1. The van der Waals surface area contributed by atoms with Crippen LogP contribution in [0.2, 0.25) is 0 Å². The van der Waals surface area contributed by atoms with Crippen LogP contribution >= 0.6 is 11.8 Å². The molecule has 128 valence electrons. The number of amides is 1. The standard InChI is InChI=1S/C17H25NO4S/c1-5-22-16(20)11-23-10-15(19)18-17(12(2)3)13-6-8-14(21-4)9-7-13/h6-9,12,17H,5,10-11H2,1-4H3,(H,18,19). The van der Waals surface area contributed by atoms with Gasteiger partial charge in [-0.15, -0.1) is 11.8 Å². The molecule has 0 radical (unpaired) electrons. The minimum atomic E-state index is -0.291. The monoisotopic (exact) mass is 339 g/mol. The Kier molecular flexibility index (Phi) is 8.55. The SMILES string of the molecule is CCOC(=O)CSCC(=O)NC(c1ccc(OC)cc1)C(C)C. The number of methoxy groups -OCH3 is 1. The molecule has 0 aliphatic carbocycles. The summed E-state index contributed by atoms with van der Waals surface area (Å²) >= 11 is 1.26. The van der Waals surface area contributed by atoms with Gasteiger partial charge in [-0.05, 0) is 30.5 Å². The van der Waals surface area contributed by atoms with Gasteiger partial charge in [0.2, 0.25) is 5.91 Å². The second-order valence-electron chi connectivity index (χ2n) is 5.36. The highest BCUT2D eigenvalue weighted by molar-refractivity contribution is 8.00. The molecule has 1 unspecified atom stereocenters. The fourth-order valence-corrected chi connectivity index (χ4v) is 2.71. The van der Waals surface area contributed by atoms with Gasteiger partial charge in [-0.3, -0.25) is 9.59 Å². The van der Waals surface area contributed by atoms with Crippen LogP contribution in [0.4, 0.5) is 0 Å². The van der Waals surface area contributed by atoms with Crippen LogP contribution in [0.1, 0.15) is 32.4 Å². The van der Waals surface area contributed by atoms with Crippen molar-refractivity contribution in [3.05, 3.63) is 29.8 Å². The van der Waals surface area contributed by atoms with E-state index in [1.165, 1.54) is 11.8 Å². The lowest BCUT2D eigenvalue weighted by Gasteiger charge is -2.23. The summed E-state index contributed by atoms with van der Waals surface area (Å²) in [5, 5.41) is 3.02. The first-order valence-electron chi connectivity index (χ1n) is 7.64. The Morgan fingerprint density at radius 2 is 1.83 bits per heavy atom. The second kappa shape index (κ2) is 10.2. The van der Waals surface area contributed by atoms with E-state index in [1.807, 2.05) is 24.3 Å². The highest BCUT2D eigenvalue weighted by Crippen LogP contribution is 2.24. The first-order chi connectivity index (χ1) is 11.0. The Bertz CT molecular complexity index is 502. The van der Waals surface area contributed by atoms with Crippen molar-refractivity contribution < 1.29 is 19.1 Å². The van der Waals surface area contributed by atoms with Crippen LogP contribution in [0.15, 0.2) is 24.3 Å². The maximum atomic E-state index is 12.1. The van der Waals surface area contributed by atoms with Gasteiger partial charge in [0.15, 0.2) is 0 Å². The molecule has 0 aromatic heterocycles. The molecular formula is C17H25NO4S. The van der Waals surface area contributed by atoms with E-state index in [2.05, 4.69) is 19.2 Å². The smallest absolute Gasteiger partial charge is 0.315 e. The number of rotatable bonds is 9. The molecule has 1 rings (SSSR count). The maximum Gasteiger partial charge on any atom is 0.315 e. The molecule has 0 heterocycles. The number of esters is 1. The molecule has 1 N–H and O–H groups in total. The molecule has 1 amide bonds. The molecule has 0 saturated carbocycles. The number of nitrogens with one attached hydrogen (secondary N) is 1. The third-order valence-corrected chi connectivity index (χ3v) is 4.12. The summed E-state index contributed by atoms with van der Waals surface area (Å²) in [7, 11) is 1.62. The molecule has 0 spiro atoms. The van der Waals surface area contributed by atoms with Crippen molar-refractivity contribution in [2.24, 2.45) is 5.92 Å². The second-order valence-corrected chi connectivity index (χ2v) is 6.35. The molecule has 0 aliphatic heterocycles. The average Bonchev–Trinajstić information content (AvgIpc) is 2.53. The Morgan fingerprint density at radius 3 is 2.35 bits per heavy atom. The van der Waals surface area contributed by atoms with Crippen LogP contribution in [0, 0.1) is 5.92 Å². The van der Waals surface area contributed by atoms with Gasteiger partial charge in [-0.1, -0.05) is 26.0 Å². The van der Waals surface area contributed by atoms with Gasteiger partial charge in [0.1, 0.15) is 5.75 Å². The van der Waals surface area contributed by atoms with E-state index in [1.54, 1.807) is 14.0 Å². The van der Waals surface area contributed by atoms with Gasteiger partial charge in [0.25, 0.3) is 0 Å². The van der Waals surface area contributed by atoms with Crippen molar-refractivity contribution in [2.45, 2.75) is 26.8 Å². The number of thioether (sulfide) groups is 1. The summed E-state index contributed by atoms with van der Waals surface area (Å²) in [4.78, 5) is 23.3. The zero-order valence-corrected chi connectivity index (χ0v) is 14.9. The van der Waals surface area contributed by atoms with Crippen LogP contribution in [-0.4, -0.2) is 37.1 Å². The first-order valence-corrected chi connectivity index (χ1v) is 8.80. The zero-order valence-electron chi connectivity index (χ0n) is 14.1. The Morgan fingerprint density at radius 1 is 1.17 bits per heavy atom. The average molecular weight is 339 g/mol. The van der Waals surface area contributed by atoms with Crippen LogP contribution in [0.3, 0.4) is 0 Å². The molecule has 23 heavy (non-hydrogen) atoms. The third kappa shape index (κ3) is 6.95. The largest absolute Gasteiger partial charge is 0.497 e. The first kappa shape index (κ1) is 19.4. The van der Waals surface area contributed by atoms with Crippen LogP contribution in [-0.2, 0) is 14.3 Å². The topological polar surface area (TPSA) is 64.6 Å². The molecule has 0 fully saturated rings. The summed E-state index contributed by atoms with van der Waals surface area (Å²) < 4.78 is 9.98. The molecule has 0 saturated heterocycles. The lowest BCUT2D eigenvalue weighted by molar-refractivity contribution is -0.139. The van der Waals surface area contributed by atoms with Crippen molar-refractivity contribution in [3.63, 3.8) is 0 Å². The van der Waals surface area contributed by atoms with Crippen molar-refractivity contribution in [1.29, 1.82) is 0 Å². The van der Waals surface area contributed by atoms with Crippen molar-refractivity contribution in [1.82, 2.24) is 5.32 Å². The van der Waals surface area contributed by atoms with Gasteiger partial charge in [0, 0.05) is 0 Å². The number of ether oxygens (including phenoxy) is 2. The van der Waals surface area contributed by atoms with E-state index in [0.717, 1.165) is 11.3 Å². The maximum absolute atomic E-state index is 12.1. The van der Waals surface area contributed by atoms with Crippen molar-refractivity contribution >= 4 is 23.6 Å². The lowest BCUT2D eigenvalue weighted by Crippen LogP contribution is -2.33. The molecular weight excluding hydrogens is 314 g/mol. The third-order valence-electron chi connectivity index (χ3n) is 3.22. The fourth-order valence-electron chi connectivity index (χ4n) is 2.09. The summed E-state index contributed by atoms with van der Waals surface area (Å²) in [6.45, 7) is 6.23. The quantitative estimate of drug-likeness (QED) is 0.701.